The van der Waals surface area contributed by atoms with E-state index in [9.17, 15) is 28.7 Å². The van der Waals surface area contributed by atoms with Gasteiger partial charge >= 0.3 is 46.1 Å². The normalized spacial score (nSPS) is 9.54. The first-order chi connectivity index (χ1) is 3.71. The van der Waals surface area contributed by atoms with E-state index < -0.39 is 15.6 Å². The van der Waals surface area contributed by atoms with Gasteiger partial charge in [0, 0.05) is 0 Å². The summed E-state index contributed by atoms with van der Waals surface area (Å²) in [5.41, 5.74) is 0. The molecule has 13 heteroatoms. The van der Waals surface area contributed by atoms with Crippen molar-refractivity contribution < 1.29 is 44.0 Å². The molecule has 0 unspecified atom stereocenters. The summed E-state index contributed by atoms with van der Waals surface area (Å²) in [6, 6.07) is 0. The summed E-state index contributed by atoms with van der Waals surface area (Å²) in [6.45, 7) is 0. The van der Waals surface area contributed by atoms with Gasteiger partial charge in [-0.3, -0.25) is 0 Å². The Labute approximate surface area is 105 Å². The SMILES string of the molecule is O.O.O=P([O-])([O-])OP(=O)([O-])[O-].[Mg+2].[Mg+2]. The average molecular weight is 259 g/mol. The van der Waals surface area contributed by atoms with Crippen LogP contribution in [0.25, 0.3) is 0 Å². The summed E-state index contributed by atoms with van der Waals surface area (Å²) in [4.78, 5) is 37.3. The summed E-state index contributed by atoms with van der Waals surface area (Å²) in [7, 11) is -11.4. The molecule has 0 saturated heterocycles. The van der Waals surface area contributed by atoms with Gasteiger partial charge in [0.1, 0.15) is 0 Å². The molecule has 0 aromatic carbocycles. The molecule has 0 bridgehead atoms. The molecule has 0 aromatic rings. The van der Waals surface area contributed by atoms with Crippen molar-refractivity contribution in [2.75, 3.05) is 0 Å². The zero-order valence-electron chi connectivity index (χ0n) is 6.17. The minimum Gasteiger partial charge on any atom is -0.790 e. The molecule has 0 aliphatic heterocycles. The zero-order valence-corrected chi connectivity index (χ0v) is 10.8. The molecule has 0 heterocycles. The van der Waals surface area contributed by atoms with E-state index >= 15 is 0 Å². The summed E-state index contributed by atoms with van der Waals surface area (Å²) in [5.74, 6) is 0. The summed E-state index contributed by atoms with van der Waals surface area (Å²) in [5, 5.41) is 0. The van der Waals surface area contributed by atoms with E-state index in [-0.39, 0.29) is 57.1 Å². The van der Waals surface area contributed by atoms with Crippen LogP contribution in [0.15, 0.2) is 0 Å². The molecule has 0 amide bonds. The molecule has 72 valence electrons. The molecule has 0 saturated carbocycles. The van der Waals surface area contributed by atoms with Crippen LogP contribution >= 0.6 is 15.6 Å². The predicted molar refractivity (Wildman–Crippen MR) is 35.0 cm³/mol. The van der Waals surface area contributed by atoms with Crippen LogP contribution in [0, 0.1) is 0 Å². The molecule has 4 N–H and O–H groups in total. The van der Waals surface area contributed by atoms with Gasteiger partial charge in [0.2, 0.25) is 0 Å². The molecule has 0 aromatic heterocycles. The Morgan fingerprint density at radius 1 is 0.769 bits per heavy atom. The third kappa shape index (κ3) is 31.6. The fourth-order valence-electron chi connectivity index (χ4n) is 0.122. The molecule has 0 aliphatic carbocycles. The van der Waals surface area contributed by atoms with Gasteiger partial charge in [-0.2, -0.15) is 0 Å². The van der Waals surface area contributed by atoms with E-state index in [1.165, 1.54) is 0 Å². The Morgan fingerprint density at radius 2 is 0.923 bits per heavy atom. The first-order valence-electron chi connectivity index (χ1n) is 1.46. The van der Waals surface area contributed by atoms with Gasteiger partial charge in [-0.05, 0) is 0 Å². The molecular formula is H4Mg2O9P2. The standard InChI is InChI=1S/2Mg.H4O7P2.2H2O/c;;1-8(2,3)7-9(4,5)6;;/h;;(H2,1,2,3)(H2,4,5,6);2*1H2/q2*+2;;;/p-4. The molecule has 9 nitrogen and oxygen atoms in total. The van der Waals surface area contributed by atoms with E-state index in [4.69, 9.17) is 0 Å². The van der Waals surface area contributed by atoms with Crippen LogP contribution in [0.2, 0.25) is 0 Å². The number of rotatable bonds is 2. The summed E-state index contributed by atoms with van der Waals surface area (Å²) < 4.78 is 21.2. The van der Waals surface area contributed by atoms with Crippen molar-refractivity contribution in [3.05, 3.63) is 0 Å². The van der Waals surface area contributed by atoms with Gasteiger partial charge in [0.25, 0.3) is 0 Å². The quantitative estimate of drug-likeness (QED) is 0.346. The van der Waals surface area contributed by atoms with Gasteiger partial charge in [-0.15, -0.1) is 0 Å². The van der Waals surface area contributed by atoms with Crippen molar-refractivity contribution in [3.63, 3.8) is 0 Å². The third-order valence-corrected chi connectivity index (χ3v) is 1.80. The minimum atomic E-state index is -5.68. The van der Waals surface area contributed by atoms with Crippen molar-refractivity contribution in [2.45, 2.75) is 0 Å². The second-order valence-corrected chi connectivity index (χ2v) is 3.42. The fourth-order valence-corrected chi connectivity index (χ4v) is 1.10. The van der Waals surface area contributed by atoms with E-state index in [1.807, 2.05) is 0 Å². The Kier molecular flexibility index (Phi) is 23.1. The number of phosphoric acid groups is 2. The maximum absolute atomic E-state index is 9.32. The first-order valence-corrected chi connectivity index (χ1v) is 4.38. The van der Waals surface area contributed by atoms with Gasteiger partial charge in [-0.1, -0.05) is 0 Å². The second kappa shape index (κ2) is 10.2. The molecule has 0 rings (SSSR count). The van der Waals surface area contributed by atoms with Crippen molar-refractivity contribution in [2.24, 2.45) is 0 Å². The summed E-state index contributed by atoms with van der Waals surface area (Å²) >= 11 is 0. The molecule has 13 heavy (non-hydrogen) atoms. The topological polar surface area (TPSA) is 199 Å². The Balaban J connectivity index is -0.0000000533. The first kappa shape index (κ1) is 29.3. The van der Waals surface area contributed by atoms with Crippen LogP contribution in [-0.2, 0) is 13.4 Å². The van der Waals surface area contributed by atoms with E-state index in [0.717, 1.165) is 0 Å². The van der Waals surface area contributed by atoms with Crippen LogP contribution in [0.4, 0.5) is 0 Å². The van der Waals surface area contributed by atoms with Crippen LogP contribution in [-0.4, -0.2) is 57.1 Å². The van der Waals surface area contributed by atoms with Gasteiger partial charge in [0.05, 0.1) is 15.6 Å². The Morgan fingerprint density at radius 3 is 0.923 bits per heavy atom. The van der Waals surface area contributed by atoms with Gasteiger partial charge in [0.15, 0.2) is 0 Å². The molecule has 0 atom stereocenters. The molecule has 0 radical (unpaired) electrons. The van der Waals surface area contributed by atoms with Crippen LogP contribution in [0.3, 0.4) is 0 Å². The zero-order chi connectivity index (χ0) is 7.71. The summed E-state index contributed by atoms with van der Waals surface area (Å²) in [6.07, 6.45) is 0. The van der Waals surface area contributed by atoms with E-state index in [2.05, 4.69) is 4.31 Å². The molecule has 0 aliphatic rings. The van der Waals surface area contributed by atoms with E-state index in [1.54, 1.807) is 0 Å². The molecule has 0 spiro atoms. The second-order valence-electron chi connectivity index (χ2n) is 0.976. The molecular weight excluding hydrogens is 255 g/mol. The van der Waals surface area contributed by atoms with Crippen LogP contribution in [0.1, 0.15) is 0 Å². The molecule has 0 fully saturated rings. The minimum absolute atomic E-state index is 0. The monoisotopic (exact) mass is 258 g/mol. The van der Waals surface area contributed by atoms with Gasteiger partial charge < -0.3 is 44.0 Å². The van der Waals surface area contributed by atoms with Crippen molar-refractivity contribution >= 4 is 61.8 Å². The van der Waals surface area contributed by atoms with E-state index in [0.29, 0.717) is 0 Å². The average Bonchev–Trinajstić information content (AvgIpc) is 1.14. The maximum Gasteiger partial charge on any atom is 2.00 e. The Hall–Kier alpha value is 1.71. The fraction of sp³-hybridized carbons (Fsp3) is 0. The van der Waals surface area contributed by atoms with Crippen molar-refractivity contribution in [1.82, 2.24) is 0 Å². The van der Waals surface area contributed by atoms with Crippen molar-refractivity contribution in [3.8, 4) is 0 Å². The third-order valence-electron chi connectivity index (χ3n) is 0.200. The van der Waals surface area contributed by atoms with Crippen LogP contribution < -0.4 is 19.6 Å². The maximum atomic E-state index is 9.32. The van der Waals surface area contributed by atoms with Crippen LogP contribution in [0.5, 0.6) is 0 Å². The number of hydrogen-bond acceptors (Lipinski definition) is 7. The van der Waals surface area contributed by atoms with Crippen molar-refractivity contribution in [1.29, 1.82) is 0 Å². The Bertz CT molecular complexity index is 156. The predicted octanol–water partition coefficient (Wildman–Crippen LogP) is -5.75. The smallest absolute Gasteiger partial charge is 0.790 e. The number of hydrogen-bond donors (Lipinski definition) is 0. The van der Waals surface area contributed by atoms with Gasteiger partial charge in [-0.25, -0.2) is 0 Å². The largest absolute Gasteiger partial charge is 2.00 e.